The van der Waals surface area contributed by atoms with Gasteiger partial charge in [-0.1, -0.05) is 24.6 Å². The van der Waals surface area contributed by atoms with Crippen molar-refractivity contribution < 1.29 is 19.4 Å². The van der Waals surface area contributed by atoms with Gasteiger partial charge in [0.25, 0.3) is 0 Å². The Morgan fingerprint density at radius 1 is 1.36 bits per heavy atom. The van der Waals surface area contributed by atoms with Gasteiger partial charge >= 0.3 is 6.03 Å². The summed E-state index contributed by atoms with van der Waals surface area (Å²) in [6.07, 6.45) is 0. The van der Waals surface area contributed by atoms with Crippen LogP contribution in [0.15, 0.2) is 18.2 Å². The van der Waals surface area contributed by atoms with E-state index in [-0.39, 0.29) is 24.6 Å². The summed E-state index contributed by atoms with van der Waals surface area (Å²) >= 11 is 6.10. The summed E-state index contributed by atoms with van der Waals surface area (Å²) in [7, 11) is 1.58. The summed E-state index contributed by atoms with van der Waals surface area (Å²) in [6, 6.07) is 4.56. The van der Waals surface area contributed by atoms with Crippen molar-refractivity contribution in [1.82, 2.24) is 5.32 Å². The SMILES string of the molecule is COCCOc1c(Cl)cccc1NC(=O)NC(C)C(C)CO. The molecule has 1 aromatic rings. The van der Waals surface area contributed by atoms with Crippen LogP contribution in [-0.2, 0) is 4.74 Å². The lowest BCUT2D eigenvalue weighted by Gasteiger charge is -2.20. The number of rotatable bonds is 8. The molecule has 22 heavy (non-hydrogen) atoms. The lowest BCUT2D eigenvalue weighted by molar-refractivity contribution is 0.146. The van der Waals surface area contributed by atoms with Gasteiger partial charge in [-0.25, -0.2) is 4.79 Å². The van der Waals surface area contributed by atoms with Gasteiger partial charge < -0.3 is 25.2 Å². The van der Waals surface area contributed by atoms with Gasteiger partial charge in [-0.05, 0) is 25.0 Å². The smallest absolute Gasteiger partial charge is 0.319 e. The molecular weight excluding hydrogens is 308 g/mol. The molecule has 0 saturated heterocycles. The van der Waals surface area contributed by atoms with E-state index in [9.17, 15) is 4.79 Å². The standard InChI is InChI=1S/C15H23ClN2O4/c1-10(9-19)11(2)17-15(20)18-13-6-4-5-12(16)14(13)22-8-7-21-3/h4-6,10-11,19H,7-9H2,1-3H3,(H2,17,18,20). The Kier molecular flexibility index (Phi) is 8.01. The Hall–Kier alpha value is -1.50. The maximum atomic E-state index is 12.0. The fraction of sp³-hybridized carbons (Fsp3) is 0.533. The van der Waals surface area contributed by atoms with Crippen molar-refractivity contribution in [1.29, 1.82) is 0 Å². The summed E-state index contributed by atoms with van der Waals surface area (Å²) in [6.45, 7) is 4.43. The van der Waals surface area contributed by atoms with E-state index in [2.05, 4.69) is 10.6 Å². The number of aliphatic hydroxyl groups is 1. The monoisotopic (exact) mass is 330 g/mol. The highest BCUT2D eigenvalue weighted by molar-refractivity contribution is 6.32. The minimum Gasteiger partial charge on any atom is -0.487 e. The Bertz CT molecular complexity index is 485. The number of methoxy groups -OCH3 is 1. The van der Waals surface area contributed by atoms with E-state index < -0.39 is 0 Å². The third kappa shape index (κ3) is 5.71. The average Bonchev–Trinajstić information content (AvgIpc) is 2.49. The molecule has 0 aliphatic carbocycles. The predicted octanol–water partition coefficient (Wildman–Crippen LogP) is 2.50. The molecule has 0 fully saturated rings. The Balaban J connectivity index is 2.71. The van der Waals surface area contributed by atoms with E-state index in [1.165, 1.54) is 0 Å². The molecule has 0 radical (unpaired) electrons. The topological polar surface area (TPSA) is 79.8 Å². The van der Waals surface area contributed by atoms with Gasteiger partial charge in [0.2, 0.25) is 0 Å². The number of hydrogen-bond donors (Lipinski definition) is 3. The van der Waals surface area contributed by atoms with Gasteiger partial charge in [0.15, 0.2) is 5.75 Å². The number of anilines is 1. The highest BCUT2D eigenvalue weighted by atomic mass is 35.5. The number of halogens is 1. The molecule has 1 rings (SSSR count). The summed E-state index contributed by atoms with van der Waals surface area (Å²) in [5, 5.41) is 15.0. The quantitative estimate of drug-likeness (QED) is 0.640. The first-order valence-electron chi connectivity index (χ1n) is 7.08. The van der Waals surface area contributed by atoms with E-state index in [4.69, 9.17) is 26.2 Å². The summed E-state index contributed by atoms with van der Waals surface area (Å²) < 4.78 is 10.5. The number of aliphatic hydroxyl groups excluding tert-OH is 1. The molecule has 1 aromatic carbocycles. The first kappa shape index (κ1) is 18.5. The van der Waals surface area contributed by atoms with Crippen molar-refractivity contribution in [3.8, 4) is 5.75 Å². The van der Waals surface area contributed by atoms with E-state index in [0.717, 1.165) is 0 Å². The van der Waals surface area contributed by atoms with Crippen molar-refractivity contribution in [2.24, 2.45) is 5.92 Å². The van der Waals surface area contributed by atoms with Crippen LogP contribution in [0.1, 0.15) is 13.8 Å². The van der Waals surface area contributed by atoms with Gasteiger partial charge in [-0.15, -0.1) is 0 Å². The second kappa shape index (κ2) is 9.50. The summed E-state index contributed by atoms with van der Waals surface area (Å²) in [4.78, 5) is 12.0. The molecule has 0 spiro atoms. The van der Waals surface area contributed by atoms with Crippen molar-refractivity contribution in [2.45, 2.75) is 19.9 Å². The van der Waals surface area contributed by atoms with Gasteiger partial charge in [-0.2, -0.15) is 0 Å². The van der Waals surface area contributed by atoms with E-state index >= 15 is 0 Å². The highest BCUT2D eigenvalue weighted by Crippen LogP contribution is 2.32. The molecule has 124 valence electrons. The molecule has 6 nitrogen and oxygen atoms in total. The fourth-order valence-corrected chi connectivity index (χ4v) is 1.88. The van der Waals surface area contributed by atoms with E-state index in [1.54, 1.807) is 25.3 Å². The molecular formula is C15H23ClN2O4. The minimum absolute atomic E-state index is 0.00396. The number of urea groups is 1. The number of ether oxygens (including phenoxy) is 2. The number of para-hydroxylation sites is 1. The van der Waals surface area contributed by atoms with Crippen LogP contribution >= 0.6 is 11.6 Å². The Morgan fingerprint density at radius 2 is 2.09 bits per heavy atom. The highest BCUT2D eigenvalue weighted by Gasteiger charge is 2.16. The molecule has 7 heteroatoms. The molecule has 3 N–H and O–H groups in total. The molecule has 2 unspecified atom stereocenters. The third-order valence-corrected chi connectivity index (χ3v) is 3.55. The van der Waals surface area contributed by atoms with Crippen molar-refractivity contribution in [3.63, 3.8) is 0 Å². The number of nitrogens with one attached hydrogen (secondary N) is 2. The van der Waals surface area contributed by atoms with Crippen LogP contribution in [0.2, 0.25) is 5.02 Å². The summed E-state index contributed by atoms with van der Waals surface area (Å²) in [5.74, 6) is 0.363. The molecule has 0 aromatic heterocycles. The van der Waals surface area contributed by atoms with Gasteiger partial charge in [0, 0.05) is 19.8 Å². The largest absolute Gasteiger partial charge is 0.487 e. The Labute approximate surface area is 135 Å². The number of carbonyl (C=O) groups excluding carboxylic acids is 1. The number of benzene rings is 1. The van der Waals surface area contributed by atoms with Crippen LogP contribution in [0.3, 0.4) is 0 Å². The number of amides is 2. The van der Waals surface area contributed by atoms with Gasteiger partial charge in [-0.3, -0.25) is 0 Å². The lowest BCUT2D eigenvalue weighted by Crippen LogP contribution is -2.40. The summed E-state index contributed by atoms with van der Waals surface area (Å²) in [5.41, 5.74) is 0.477. The van der Waals surface area contributed by atoms with Crippen LogP contribution in [0, 0.1) is 5.92 Å². The minimum atomic E-state index is -0.383. The maximum absolute atomic E-state index is 12.0. The average molecular weight is 331 g/mol. The first-order valence-corrected chi connectivity index (χ1v) is 7.46. The fourth-order valence-electron chi connectivity index (χ4n) is 1.65. The Morgan fingerprint density at radius 3 is 2.73 bits per heavy atom. The second-order valence-corrected chi connectivity index (χ2v) is 5.41. The molecule has 0 bridgehead atoms. The van der Waals surface area contributed by atoms with Gasteiger partial charge in [0.1, 0.15) is 6.61 Å². The first-order chi connectivity index (χ1) is 10.5. The van der Waals surface area contributed by atoms with E-state index in [1.807, 2.05) is 13.8 Å². The van der Waals surface area contributed by atoms with Crippen LogP contribution in [-0.4, -0.2) is 44.1 Å². The molecule has 0 aliphatic heterocycles. The number of hydrogen-bond acceptors (Lipinski definition) is 4. The van der Waals surface area contributed by atoms with Gasteiger partial charge in [0.05, 0.1) is 17.3 Å². The van der Waals surface area contributed by atoms with Crippen molar-refractivity contribution in [2.75, 3.05) is 32.2 Å². The normalized spacial score (nSPS) is 13.3. The second-order valence-electron chi connectivity index (χ2n) is 5.00. The third-order valence-electron chi connectivity index (χ3n) is 3.25. The molecule has 0 heterocycles. The van der Waals surface area contributed by atoms with Crippen LogP contribution in [0.5, 0.6) is 5.75 Å². The van der Waals surface area contributed by atoms with Crippen LogP contribution in [0.4, 0.5) is 10.5 Å². The molecule has 0 aliphatic rings. The molecule has 0 saturated carbocycles. The zero-order chi connectivity index (χ0) is 16.5. The lowest BCUT2D eigenvalue weighted by atomic mass is 10.1. The maximum Gasteiger partial charge on any atom is 0.319 e. The molecule has 2 atom stereocenters. The zero-order valence-corrected chi connectivity index (χ0v) is 13.8. The van der Waals surface area contributed by atoms with Crippen molar-refractivity contribution >= 4 is 23.3 Å². The molecule has 2 amide bonds. The number of carbonyl (C=O) groups is 1. The van der Waals surface area contributed by atoms with Crippen LogP contribution in [0.25, 0.3) is 0 Å². The van der Waals surface area contributed by atoms with E-state index in [0.29, 0.717) is 29.7 Å². The predicted molar refractivity (Wildman–Crippen MR) is 86.7 cm³/mol. The van der Waals surface area contributed by atoms with Crippen LogP contribution < -0.4 is 15.4 Å². The van der Waals surface area contributed by atoms with Crippen molar-refractivity contribution in [3.05, 3.63) is 23.2 Å². The zero-order valence-electron chi connectivity index (χ0n) is 13.1.